The van der Waals surface area contributed by atoms with E-state index in [1.807, 2.05) is 25.4 Å². The second-order valence-corrected chi connectivity index (χ2v) is 2.88. The number of rotatable bonds is 1. The van der Waals surface area contributed by atoms with Gasteiger partial charge in [0.15, 0.2) is 0 Å². The van der Waals surface area contributed by atoms with E-state index in [-0.39, 0.29) is 0 Å². The Hall–Kier alpha value is -1.84. The van der Waals surface area contributed by atoms with Gasteiger partial charge in [-0.1, -0.05) is 0 Å². The lowest BCUT2D eigenvalue weighted by atomic mass is 10.2. The number of hydrogen-bond acceptors (Lipinski definition) is 3. The van der Waals surface area contributed by atoms with Gasteiger partial charge in [-0.05, 0) is 12.1 Å². The molecule has 66 valence electrons. The van der Waals surface area contributed by atoms with E-state index in [0.717, 1.165) is 11.3 Å². The van der Waals surface area contributed by atoms with Crippen molar-refractivity contribution in [1.29, 1.82) is 0 Å². The smallest absolute Gasteiger partial charge is 0.0735 e. The minimum Gasteiger partial charge on any atom is -0.397 e. The van der Waals surface area contributed by atoms with Crippen LogP contribution in [0.2, 0.25) is 0 Å². The zero-order valence-corrected chi connectivity index (χ0v) is 7.31. The van der Waals surface area contributed by atoms with Crippen molar-refractivity contribution in [3.8, 4) is 11.3 Å². The lowest BCUT2D eigenvalue weighted by molar-refractivity contribution is 0.768. The maximum Gasteiger partial charge on any atom is 0.0735 e. The van der Waals surface area contributed by atoms with Crippen molar-refractivity contribution in [2.75, 3.05) is 5.73 Å². The molecule has 0 unspecified atom stereocenters. The van der Waals surface area contributed by atoms with Gasteiger partial charge in [-0.2, -0.15) is 5.10 Å². The molecule has 0 radical (unpaired) electrons. The normalized spacial score (nSPS) is 10.2. The number of aryl methyl sites for hydroxylation is 1. The molecule has 2 aromatic heterocycles. The van der Waals surface area contributed by atoms with Crippen LogP contribution >= 0.6 is 0 Å². The molecule has 0 aliphatic rings. The predicted octanol–water partition coefficient (Wildman–Crippen LogP) is 1.06. The molecule has 0 aliphatic heterocycles. The Kier molecular flexibility index (Phi) is 1.73. The number of nitrogen functional groups attached to an aromatic ring is 1. The quantitative estimate of drug-likeness (QED) is 0.703. The molecule has 0 atom stereocenters. The third kappa shape index (κ3) is 1.51. The average molecular weight is 174 g/mol. The maximum absolute atomic E-state index is 5.53. The summed E-state index contributed by atoms with van der Waals surface area (Å²) in [5, 5.41) is 4.06. The molecule has 2 heterocycles. The van der Waals surface area contributed by atoms with Gasteiger partial charge in [0.05, 0.1) is 23.8 Å². The molecule has 0 bridgehead atoms. The van der Waals surface area contributed by atoms with E-state index in [1.165, 1.54) is 0 Å². The third-order valence-corrected chi connectivity index (χ3v) is 1.79. The molecule has 4 nitrogen and oxygen atoms in total. The maximum atomic E-state index is 5.53. The number of pyridine rings is 1. The Morgan fingerprint density at radius 1 is 1.31 bits per heavy atom. The van der Waals surface area contributed by atoms with Crippen molar-refractivity contribution >= 4 is 5.69 Å². The number of nitrogens with two attached hydrogens (primary N) is 1. The van der Waals surface area contributed by atoms with Crippen molar-refractivity contribution < 1.29 is 0 Å². The fourth-order valence-corrected chi connectivity index (χ4v) is 1.13. The van der Waals surface area contributed by atoms with Gasteiger partial charge in [0, 0.05) is 18.8 Å². The zero-order valence-electron chi connectivity index (χ0n) is 7.31. The molecule has 0 amide bonds. The van der Waals surface area contributed by atoms with E-state index < -0.39 is 0 Å². The first kappa shape index (κ1) is 7.79. The molecule has 0 aromatic carbocycles. The topological polar surface area (TPSA) is 56.7 Å². The summed E-state index contributed by atoms with van der Waals surface area (Å²) in [4.78, 5) is 4.18. The fourth-order valence-electron chi connectivity index (χ4n) is 1.13. The Bertz CT molecular complexity index is 402. The summed E-state index contributed by atoms with van der Waals surface area (Å²) in [6, 6.07) is 3.71. The molecule has 0 spiro atoms. The van der Waals surface area contributed by atoms with E-state index in [0.29, 0.717) is 5.69 Å². The van der Waals surface area contributed by atoms with Crippen LogP contribution in [-0.4, -0.2) is 14.8 Å². The lowest BCUT2D eigenvalue weighted by Crippen LogP contribution is -1.87. The predicted molar refractivity (Wildman–Crippen MR) is 50.9 cm³/mol. The van der Waals surface area contributed by atoms with Gasteiger partial charge in [-0.15, -0.1) is 0 Å². The minimum atomic E-state index is 0.674. The van der Waals surface area contributed by atoms with Crippen LogP contribution in [0.1, 0.15) is 0 Å². The lowest BCUT2D eigenvalue weighted by Gasteiger charge is -1.95. The number of nitrogens with zero attached hydrogens (tertiary/aromatic N) is 3. The fraction of sp³-hybridized carbons (Fsp3) is 0.111. The van der Waals surface area contributed by atoms with Gasteiger partial charge in [0.25, 0.3) is 0 Å². The minimum absolute atomic E-state index is 0.674. The van der Waals surface area contributed by atoms with Gasteiger partial charge in [0.2, 0.25) is 0 Å². The van der Waals surface area contributed by atoms with Gasteiger partial charge in [-0.3, -0.25) is 9.67 Å². The van der Waals surface area contributed by atoms with E-state index in [4.69, 9.17) is 5.73 Å². The zero-order chi connectivity index (χ0) is 9.26. The van der Waals surface area contributed by atoms with E-state index in [2.05, 4.69) is 10.1 Å². The van der Waals surface area contributed by atoms with E-state index >= 15 is 0 Å². The van der Waals surface area contributed by atoms with Gasteiger partial charge < -0.3 is 5.73 Å². The van der Waals surface area contributed by atoms with Crippen LogP contribution in [0.25, 0.3) is 11.3 Å². The molecular weight excluding hydrogens is 164 g/mol. The van der Waals surface area contributed by atoms with Crippen molar-refractivity contribution in [3.63, 3.8) is 0 Å². The van der Waals surface area contributed by atoms with Crippen molar-refractivity contribution in [3.05, 3.63) is 30.7 Å². The highest BCUT2D eigenvalue weighted by Crippen LogP contribution is 2.15. The summed E-state index contributed by atoms with van der Waals surface area (Å²) in [5.74, 6) is 0. The van der Waals surface area contributed by atoms with Crippen molar-refractivity contribution in [2.24, 2.45) is 7.05 Å². The van der Waals surface area contributed by atoms with Gasteiger partial charge in [-0.25, -0.2) is 0 Å². The second kappa shape index (κ2) is 2.90. The second-order valence-electron chi connectivity index (χ2n) is 2.88. The Morgan fingerprint density at radius 2 is 2.15 bits per heavy atom. The summed E-state index contributed by atoms with van der Waals surface area (Å²) in [7, 11) is 1.88. The van der Waals surface area contributed by atoms with Crippen molar-refractivity contribution in [2.45, 2.75) is 0 Å². The molecule has 2 aromatic rings. The highest BCUT2D eigenvalue weighted by Gasteiger charge is 2.00. The summed E-state index contributed by atoms with van der Waals surface area (Å²) < 4.78 is 1.74. The SMILES string of the molecule is Cn1cc(-c2ccc(N)cn2)cn1. The van der Waals surface area contributed by atoms with Crippen LogP contribution in [0.4, 0.5) is 5.69 Å². The highest BCUT2D eigenvalue weighted by atomic mass is 15.2. The molecule has 13 heavy (non-hydrogen) atoms. The van der Waals surface area contributed by atoms with Crippen LogP contribution < -0.4 is 5.73 Å². The average Bonchev–Trinajstić information content (AvgIpc) is 2.53. The third-order valence-electron chi connectivity index (χ3n) is 1.79. The molecule has 2 N–H and O–H groups in total. The van der Waals surface area contributed by atoms with Crippen LogP contribution in [-0.2, 0) is 7.05 Å². The molecule has 0 aliphatic carbocycles. The van der Waals surface area contributed by atoms with E-state index in [9.17, 15) is 0 Å². The summed E-state index contributed by atoms with van der Waals surface area (Å²) in [5.41, 5.74) is 8.09. The largest absolute Gasteiger partial charge is 0.397 e. The van der Waals surface area contributed by atoms with E-state index in [1.54, 1.807) is 17.1 Å². The van der Waals surface area contributed by atoms with Crippen molar-refractivity contribution in [1.82, 2.24) is 14.8 Å². The summed E-state index contributed by atoms with van der Waals surface area (Å²) in [6.45, 7) is 0. The molecule has 2 rings (SSSR count). The molecular formula is C9H10N4. The first-order valence-electron chi connectivity index (χ1n) is 3.96. The Morgan fingerprint density at radius 3 is 2.69 bits per heavy atom. The highest BCUT2D eigenvalue weighted by molar-refractivity contribution is 5.58. The first-order chi connectivity index (χ1) is 6.25. The van der Waals surface area contributed by atoms with Crippen LogP contribution in [0.3, 0.4) is 0 Å². The van der Waals surface area contributed by atoms with Crippen LogP contribution in [0, 0.1) is 0 Å². The number of aromatic nitrogens is 3. The molecule has 0 saturated carbocycles. The standard InChI is InChI=1S/C9H10N4/c1-13-6-7(4-12-13)9-3-2-8(10)5-11-9/h2-6H,10H2,1H3. The molecule has 4 heteroatoms. The summed E-state index contributed by atoms with van der Waals surface area (Å²) >= 11 is 0. The van der Waals surface area contributed by atoms with Gasteiger partial charge >= 0.3 is 0 Å². The molecule has 0 fully saturated rings. The Labute approximate surface area is 76.0 Å². The Balaban J connectivity index is 2.41. The summed E-state index contributed by atoms with van der Waals surface area (Å²) in [6.07, 6.45) is 5.33. The van der Waals surface area contributed by atoms with Crippen LogP contribution in [0.5, 0.6) is 0 Å². The number of hydrogen-bond donors (Lipinski definition) is 1. The number of anilines is 1. The first-order valence-corrected chi connectivity index (χ1v) is 3.96. The monoisotopic (exact) mass is 174 g/mol. The van der Waals surface area contributed by atoms with Crippen LogP contribution in [0.15, 0.2) is 30.7 Å². The molecule has 0 saturated heterocycles. The van der Waals surface area contributed by atoms with Gasteiger partial charge in [0.1, 0.15) is 0 Å².